The molecule has 0 aromatic heterocycles. The van der Waals surface area contributed by atoms with Crippen molar-refractivity contribution in [1.29, 1.82) is 0 Å². The van der Waals surface area contributed by atoms with E-state index in [2.05, 4.69) is 0 Å². The van der Waals surface area contributed by atoms with Crippen LogP contribution in [-0.2, 0) is 23.0 Å². The second kappa shape index (κ2) is 6.99. The Bertz CT molecular complexity index is 802. The molecule has 128 valence electrons. The largest absolute Gasteiger partial charge is 0.214 e. The van der Waals surface area contributed by atoms with Crippen LogP contribution in [0.15, 0.2) is 48.5 Å². The van der Waals surface area contributed by atoms with Gasteiger partial charge in [-0.05, 0) is 54.7 Å². The van der Waals surface area contributed by atoms with Gasteiger partial charge in [0.2, 0.25) is 10.0 Å². The van der Waals surface area contributed by atoms with E-state index in [1.807, 2.05) is 0 Å². The van der Waals surface area contributed by atoms with Crippen molar-refractivity contribution in [2.75, 3.05) is 5.75 Å². The lowest BCUT2D eigenvalue weighted by Crippen LogP contribution is -2.35. The van der Waals surface area contributed by atoms with Crippen molar-refractivity contribution in [3.63, 3.8) is 0 Å². The number of nitrogens with zero attached hydrogens (tertiary/aromatic N) is 1. The number of benzene rings is 2. The molecule has 0 heterocycles. The van der Waals surface area contributed by atoms with E-state index in [9.17, 15) is 17.2 Å². The van der Waals surface area contributed by atoms with Gasteiger partial charge in [-0.3, -0.25) is 0 Å². The SMILES string of the molecule is O=S(=O)(CCc1cccc(F)c1)N(Cc1ccc(F)cc1)C1CC1. The van der Waals surface area contributed by atoms with Gasteiger partial charge >= 0.3 is 0 Å². The van der Waals surface area contributed by atoms with E-state index in [-0.39, 0.29) is 36.4 Å². The van der Waals surface area contributed by atoms with Crippen LogP contribution in [0.2, 0.25) is 0 Å². The molecule has 24 heavy (non-hydrogen) atoms. The summed E-state index contributed by atoms with van der Waals surface area (Å²) in [4.78, 5) is 0. The van der Waals surface area contributed by atoms with E-state index in [1.54, 1.807) is 24.3 Å². The predicted octanol–water partition coefficient (Wildman–Crippen LogP) is 3.50. The summed E-state index contributed by atoms with van der Waals surface area (Å²) in [5.74, 6) is -0.769. The summed E-state index contributed by atoms with van der Waals surface area (Å²) in [5, 5.41) is 0. The highest BCUT2D eigenvalue weighted by atomic mass is 32.2. The summed E-state index contributed by atoms with van der Waals surface area (Å²) in [6.07, 6.45) is 1.97. The standard InChI is InChI=1S/C18H19F2NO2S/c19-16-6-4-15(5-7-16)13-21(18-8-9-18)24(22,23)11-10-14-2-1-3-17(20)12-14/h1-7,12,18H,8-11,13H2. The van der Waals surface area contributed by atoms with Crippen molar-refractivity contribution in [1.82, 2.24) is 4.31 Å². The lowest BCUT2D eigenvalue weighted by atomic mass is 10.2. The molecule has 0 aliphatic heterocycles. The molecule has 0 bridgehead atoms. The van der Waals surface area contributed by atoms with Crippen LogP contribution in [0.4, 0.5) is 8.78 Å². The summed E-state index contributed by atoms with van der Waals surface area (Å²) < 4.78 is 53.1. The van der Waals surface area contributed by atoms with Crippen molar-refractivity contribution < 1.29 is 17.2 Å². The van der Waals surface area contributed by atoms with Gasteiger partial charge in [-0.2, -0.15) is 4.31 Å². The lowest BCUT2D eigenvalue weighted by Gasteiger charge is -2.22. The minimum Gasteiger partial charge on any atom is -0.212 e. The predicted molar refractivity (Wildman–Crippen MR) is 88.9 cm³/mol. The quantitative estimate of drug-likeness (QED) is 0.766. The van der Waals surface area contributed by atoms with Gasteiger partial charge < -0.3 is 0 Å². The minimum atomic E-state index is -3.46. The fraction of sp³-hybridized carbons (Fsp3) is 0.333. The van der Waals surface area contributed by atoms with E-state index in [0.717, 1.165) is 18.4 Å². The summed E-state index contributed by atoms with van der Waals surface area (Å²) in [6, 6.07) is 11.9. The Labute approximate surface area is 141 Å². The van der Waals surface area contributed by atoms with Gasteiger partial charge in [0.1, 0.15) is 11.6 Å². The summed E-state index contributed by atoms with van der Waals surface area (Å²) in [5.41, 5.74) is 1.42. The average Bonchev–Trinajstić information content (AvgIpc) is 3.37. The number of hydrogen-bond acceptors (Lipinski definition) is 2. The molecule has 0 radical (unpaired) electrons. The Kier molecular flexibility index (Phi) is 4.96. The first-order valence-electron chi connectivity index (χ1n) is 7.92. The molecule has 1 fully saturated rings. The maximum Gasteiger partial charge on any atom is 0.214 e. The molecule has 0 N–H and O–H groups in total. The van der Waals surface area contributed by atoms with Crippen molar-refractivity contribution in [3.05, 3.63) is 71.3 Å². The minimum absolute atomic E-state index is 0.0209. The average molecular weight is 351 g/mol. The van der Waals surface area contributed by atoms with Gasteiger partial charge in [0.15, 0.2) is 0 Å². The molecule has 1 aliphatic carbocycles. The third kappa shape index (κ3) is 4.39. The third-order valence-electron chi connectivity index (χ3n) is 4.10. The molecule has 0 saturated heterocycles. The molecule has 6 heteroatoms. The van der Waals surface area contributed by atoms with Crippen LogP contribution in [0.1, 0.15) is 24.0 Å². The monoisotopic (exact) mass is 351 g/mol. The zero-order valence-electron chi connectivity index (χ0n) is 13.2. The van der Waals surface area contributed by atoms with Crippen molar-refractivity contribution in [2.24, 2.45) is 0 Å². The van der Waals surface area contributed by atoms with E-state index in [4.69, 9.17) is 0 Å². The van der Waals surface area contributed by atoms with Crippen molar-refractivity contribution in [2.45, 2.75) is 31.8 Å². The Hall–Kier alpha value is -1.79. The molecule has 0 atom stereocenters. The summed E-state index contributed by atoms with van der Waals surface area (Å²) >= 11 is 0. The zero-order chi connectivity index (χ0) is 17.2. The first-order chi connectivity index (χ1) is 11.4. The number of aryl methyl sites for hydroxylation is 1. The van der Waals surface area contributed by atoms with E-state index < -0.39 is 10.0 Å². The molecule has 1 aliphatic rings. The Balaban J connectivity index is 1.70. The zero-order valence-corrected chi connectivity index (χ0v) is 14.0. The molecular weight excluding hydrogens is 332 g/mol. The summed E-state index contributed by atoms with van der Waals surface area (Å²) in [7, 11) is -3.46. The molecule has 0 unspecified atom stereocenters. The maximum absolute atomic E-state index is 13.2. The van der Waals surface area contributed by atoms with Crippen LogP contribution in [0, 0.1) is 11.6 Å². The van der Waals surface area contributed by atoms with Crippen molar-refractivity contribution in [3.8, 4) is 0 Å². The highest BCUT2D eigenvalue weighted by Crippen LogP contribution is 2.31. The van der Waals surface area contributed by atoms with Crippen LogP contribution in [0.5, 0.6) is 0 Å². The molecule has 0 amide bonds. The van der Waals surface area contributed by atoms with Crippen LogP contribution < -0.4 is 0 Å². The van der Waals surface area contributed by atoms with Gasteiger partial charge in [-0.1, -0.05) is 24.3 Å². The van der Waals surface area contributed by atoms with Gasteiger partial charge in [0, 0.05) is 12.6 Å². The van der Waals surface area contributed by atoms with Crippen molar-refractivity contribution >= 4 is 10.0 Å². The highest BCUT2D eigenvalue weighted by molar-refractivity contribution is 7.89. The lowest BCUT2D eigenvalue weighted by molar-refractivity contribution is 0.398. The van der Waals surface area contributed by atoms with Gasteiger partial charge in [-0.15, -0.1) is 0 Å². The van der Waals surface area contributed by atoms with Gasteiger partial charge in [0.05, 0.1) is 5.75 Å². The number of halogens is 2. The highest BCUT2D eigenvalue weighted by Gasteiger charge is 2.36. The normalized spacial score (nSPS) is 15.0. The number of hydrogen-bond donors (Lipinski definition) is 0. The van der Waals surface area contributed by atoms with E-state index in [0.29, 0.717) is 5.56 Å². The second-order valence-electron chi connectivity index (χ2n) is 6.10. The number of sulfonamides is 1. The molecule has 2 aromatic rings. The fourth-order valence-corrected chi connectivity index (χ4v) is 4.38. The van der Waals surface area contributed by atoms with Crippen LogP contribution in [-0.4, -0.2) is 24.5 Å². The fourth-order valence-electron chi connectivity index (χ4n) is 2.64. The third-order valence-corrected chi connectivity index (χ3v) is 5.96. The molecule has 1 saturated carbocycles. The smallest absolute Gasteiger partial charge is 0.212 e. The Morgan fingerprint density at radius 1 is 0.958 bits per heavy atom. The molecule has 3 rings (SSSR count). The van der Waals surface area contributed by atoms with Gasteiger partial charge in [-0.25, -0.2) is 17.2 Å². The molecule has 2 aromatic carbocycles. The number of rotatable bonds is 7. The summed E-state index contributed by atoms with van der Waals surface area (Å²) in [6.45, 7) is 0.246. The first kappa shape index (κ1) is 17.0. The Morgan fingerprint density at radius 2 is 1.67 bits per heavy atom. The second-order valence-corrected chi connectivity index (χ2v) is 8.14. The van der Waals surface area contributed by atoms with Crippen LogP contribution in [0.25, 0.3) is 0 Å². The maximum atomic E-state index is 13.2. The van der Waals surface area contributed by atoms with Crippen LogP contribution >= 0.6 is 0 Å². The first-order valence-corrected chi connectivity index (χ1v) is 9.53. The van der Waals surface area contributed by atoms with Crippen LogP contribution in [0.3, 0.4) is 0 Å². The molecule has 0 spiro atoms. The molecule has 3 nitrogen and oxygen atoms in total. The van der Waals surface area contributed by atoms with E-state index in [1.165, 1.54) is 28.6 Å². The topological polar surface area (TPSA) is 37.4 Å². The molecular formula is C18H19F2NO2S. The van der Waals surface area contributed by atoms with Gasteiger partial charge in [0.25, 0.3) is 0 Å². The van der Waals surface area contributed by atoms with E-state index >= 15 is 0 Å². The Morgan fingerprint density at radius 3 is 2.29 bits per heavy atom.